The molecule has 6 heteroatoms. The normalized spacial score (nSPS) is 34.2. The fourth-order valence-corrected chi connectivity index (χ4v) is 3.84. The van der Waals surface area contributed by atoms with Crippen molar-refractivity contribution in [2.45, 2.75) is 18.6 Å². The summed E-state index contributed by atoms with van der Waals surface area (Å²) >= 11 is 0. The van der Waals surface area contributed by atoms with Crippen molar-refractivity contribution >= 4 is 23.5 Å². The highest BCUT2D eigenvalue weighted by Gasteiger charge is 2.66. The maximum Gasteiger partial charge on any atom is 0.339 e. The number of esters is 1. The number of fused-ring (bicyclic) bond motifs is 5. The van der Waals surface area contributed by atoms with Gasteiger partial charge >= 0.3 is 5.97 Å². The van der Waals surface area contributed by atoms with Gasteiger partial charge in [0.1, 0.15) is 0 Å². The van der Waals surface area contributed by atoms with Crippen molar-refractivity contribution in [2.24, 2.45) is 11.8 Å². The lowest BCUT2D eigenvalue weighted by molar-refractivity contribution is -0.126. The van der Waals surface area contributed by atoms with Gasteiger partial charge in [-0.05, 0) is 19.1 Å². The number of rotatable bonds is 2. The molecule has 118 valence electrons. The number of carbonyl (C=O) groups is 3. The molecule has 23 heavy (non-hydrogen) atoms. The fraction of sp³-hybridized carbons (Fsp3) is 0.353. The van der Waals surface area contributed by atoms with E-state index >= 15 is 0 Å². The van der Waals surface area contributed by atoms with Gasteiger partial charge in [0, 0.05) is 0 Å². The average Bonchev–Trinajstić information content (AvgIpc) is 3.16. The van der Waals surface area contributed by atoms with Gasteiger partial charge in [-0.15, -0.1) is 0 Å². The summed E-state index contributed by atoms with van der Waals surface area (Å²) in [6, 6.07) is 6.47. The summed E-state index contributed by atoms with van der Waals surface area (Å²) in [5.74, 6) is -2.30. The van der Waals surface area contributed by atoms with Crippen LogP contribution in [0.15, 0.2) is 36.4 Å². The highest BCUT2D eigenvalue weighted by atomic mass is 16.5. The number of imide groups is 1. The molecule has 0 aliphatic carbocycles. The van der Waals surface area contributed by atoms with Crippen molar-refractivity contribution in [2.75, 3.05) is 12.0 Å². The van der Waals surface area contributed by atoms with E-state index in [1.165, 1.54) is 7.11 Å². The Morgan fingerprint density at radius 1 is 1.26 bits per heavy atom. The molecular weight excluding hydrogens is 298 g/mol. The number of amides is 2. The molecule has 2 amide bonds. The Kier molecular flexibility index (Phi) is 2.78. The molecule has 2 bridgehead atoms. The lowest BCUT2D eigenvalue weighted by Crippen LogP contribution is -2.39. The van der Waals surface area contributed by atoms with Gasteiger partial charge in [-0.3, -0.25) is 9.59 Å². The van der Waals surface area contributed by atoms with Crippen LogP contribution in [0.3, 0.4) is 0 Å². The number of benzene rings is 1. The van der Waals surface area contributed by atoms with E-state index in [0.29, 0.717) is 0 Å². The molecule has 1 aromatic carbocycles. The van der Waals surface area contributed by atoms with Crippen molar-refractivity contribution in [1.29, 1.82) is 0 Å². The minimum atomic E-state index is -0.753. The van der Waals surface area contributed by atoms with Crippen LogP contribution < -0.4 is 4.90 Å². The quantitative estimate of drug-likeness (QED) is 0.467. The van der Waals surface area contributed by atoms with Gasteiger partial charge in [-0.25, -0.2) is 9.69 Å². The highest BCUT2D eigenvalue weighted by Crippen LogP contribution is 2.52. The predicted octanol–water partition coefficient (Wildman–Crippen LogP) is 1.31. The third kappa shape index (κ3) is 1.69. The standard InChI is InChI=1S/C17H15NO5/c1-17-8-7-11(23-17)12-13(17)15(20)18(14(12)19)10-6-4-3-5-9(10)16(21)22-2/h3-8,11-13H,1-2H3/t11-,12+,13+,17-/m1/s1. The van der Waals surface area contributed by atoms with Crippen LogP contribution in [0.4, 0.5) is 5.69 Å². The summed E-state index contributed by atoms with van der Waals surface area (Å²) in [5.41, 5.74) is -0.286. The highest BCUT2D eigenvalue weighted by molar-refractivity contribution is 6.25. The lowest BCUT2D eigenvalue weighted by atomic mass is 9.78. The van der Waals surface area contributed by atoms with E-state index in [4.69, 9.17) is 9.47 Å². The molecule has 6 nitrogen and oxygen atoms in total. The third-order valence-electron chi connectivity index (χ3n) is 4.88. The summed E-state index contributed by atoms with van der Waals surface area (Å²) < 4.78 is 10.5. The summed E-state index contributed by atoms with van der Waals surface area (Å²) in [5, 5.41) is 0. The SMILES string of the molecule is COC(=O)c1ccccc1N1C(=O)[C@@H]2[C@@H](C1=O)[C@@]1(C)C=C[C@H]2O1. The number of hydrogen-bond donors (Lipinski definition) is 0. The smallest absolute Gasteiger partial charge is 0.339 e. The van der Waals surface area contributed by atoms with Crippen LogP contribution in [-0.4, -0.2) is 36.6 Å². The third-order valence-corrected chi connectivity index (χ3v) is 4.88. The maximum absolute atomic E-state index is 12.9. The Hall–Kier alpha value is -2.47. The van der Waals surface area contributed by atoms with Crippen molar-refractivity contribution in [1.82, 2.24) is 0 Å². The second-order valence-electron chi connectivity index (χ2n) is 6.15. The molecule has 3 aliphatic rings. The zero-order chi connectivity index (χ0) is 16.4. The van der Waals surface area contributed by atoms with Crippen LogP contribution in [0.5, 0.6) is 0 Å². The molecule has 4 rings (SSSR count). The van der Waals surface area contributed by atoms with E-state index in [9.17, 15) is 14.4 Å². The number of carbonyl (C=O) groups excluding carboxylic acids is 3. The van der Waals surface area contributed by atoms with Crippen molar-refractivity contribution in [3.63, 3.8) is 0 Å². The molecule has 3 heterocycles. The van der Waals surface area contributed by atoms with Gasteiger partial charge < -0.3 is 9.47 Å². The monoisotopic (exact) mass is 313 g/mol. The van der Waals surface area contributed by atoms with Crippen molar-refractivity contribution in [3.05, 3.63) is 42.0 Å². The van der Waals surface area contributed by atoms with Crippen LogP contribution in [0, 0.1) is 11.8 Å². The van der Waals surface area contributed by atoms with Gasteiger partial charge in [-0.1, -0.05) is 24.3 Å². The Labute approximate surface area is 132 Å². The number of para-hydroxylation sites is 1. The first-order chi connectivity index (χ1) is 11.0. The lowest BCUT2D eigenvalue weighted by Gasteiger charge is -2.24. The average molecular weight is 313 g/mol. The molecule has 0 spiro atoms. The van der Waals surface area contributed by atoms with Crippen molar-refractivity contribution in [3.8, 4) is 0 Å². The number of nitrogens with zero attached hydrogens (tertiary/aromatic N) is 1. The summed E-state index contributed by atoms with van der Waals surface area (Å²) in [6.07, 6.45) is 3.30. The van der Waals surface area contributed by atoms with Gasteiger partial charge in [0.2, 0.25) is 11.8 Å². The largest absolute Gasteiger partial charge is 0.465 e. The number of ether oxygens (including phenoxy) is 2. The minimum Gasteiger partial charge on any atom is -0.465 e. The van der Waals surface area contributed by atoms with E-state index in [1.807, 2.05) is 19.1 Å². The number of hydrogen-bond acceptors (Lipinski definition) is 5. The molecule has 4 atom stereocenters. The molecule has 2 fully saturated rings. The molecule has 1 aromatic rings. The Morgan fingerprint density at radius 2 is 2.00 bits per heavy atom. The van der Waals surface area contributed by atoms with E-state index in [1.54, 1.807) is 24.3 Å². The van der Waals surface area contributed by atoms with Crippen LogP contribution >= 0.6 is 0 Å². The molecule has 0 aromatic heterocycles. The molecule has 0 N–H and O–H groups in total. The first kappa shape index (κ1) is 14.1. The topological polar surface area (TPSA) is 72.9 Å². The molecule has 3 aliphatic heterocycles. The molecular formula is C17H15NO5. The van der Waals surface area contributed by atoms with Crippen LogP contribution in [-0.2, 0) is 19.1 Å². The van der Waals surface area contributed by atoms with Crippen LogP contribution in [0.2, 0.25) is 0 Å². The van der Waals surface area contributed by atoms with E-state index < -0.39 is 23.4 Å². The van der Waals surface area contributed by atoms with Gasteiger partial charge in [0.25, 0.3) is 0 Å². The zero-order valence-electron chi connectivity index (χ0n) is 12.7. The zero-order valence-corrected chi connectivity index (χ0v) is 12.7. The maximum atomic E-state index is 12.9. The van der Waals surface area contributed by atoms with E-state index in [2.05, 4.69) is 0 Å². The van der Waals surface area contributed by atoms with Crippen LogP contribution in [0.1, 0.15) is 17.3 Å². The second-order valence-corrected chi connectivity index (χ2v) is 6.15. The van der Waals surface area contributed by atoms with E-state index in [0.717, 1.165) is 4.90 Å². The predicted molar refractivity (Wildman–Crippen MR) is 79.7 cm³/mol. The Balaban J connectivity index is 1.80. The summed E-state index contributed by atoms with van der Waals surface area (Å²) in [4.78, 5) is 38.8. The molecule has 2 saturated heterocycles. The van der Waals surface area contributed by atoms with E-state index in [-0.39, 0.29) is 29.2 Å². The first-order valence-corrected chi connectivity index (χ1v) is 7.40. The minimum absolute atomic E-state index is 0.197. The Morgan fingerprint density at radius 3 is 2.70 bits per heavy atom. The molecule has 0 radical (unpaired) electrons. The van der Waals surface area contributed by atoms with Gasteiger partial charge in [-0.2, -0.15) is 0 Å². The molecule has 0 saturated carbocycles. The fourth-order valence-electron chi connectivity index (χ4n) is 3.84. The Bertz CT molecular complexity index is 770. The molecule has 0 unspecified atom stereocenters. The van der Waals surface area contributed by atoms with Crippen LogP contribution in [0.25, 0.3) is 0 Å². The van der Waals surface area contributed by atoms with Gasteiger partial charge in [0.15, 0.2) is 0 Å². The second kappa shape index (κ2) is 4.52. The summed E-state index contributed by atoms with van der Waals surface area (Å²) in [7, 11) is 1.26. The van der Waals surface area contributed by atoms with Gasteiger partial charge in [0.05, 0.1) is 41.9 Å². The number of methoxy groups -OCH3 is 1. The summed E-state index contributed by atoms with van der Waals surface area (Å²) in [6.45, 7) is 1.81. The van der Waals surface area contributed by atoms with Crippen molar-refractivity contribution < 1.29 is 23.9 Å². The number of anilines is 1. The first-order valence-electron chi connectivity index (χ1n) is 7.40.